The van der Waals surface area contributed by atoms with E-state index in [9.17, 15) is 13.2 Å². The van der Waals surface area contributed by atoms with Crippen molar-refractivity contribution in [1.29, 1.82) is 0 Å². The van der Waals surface area contributed by atoms with Gasteiger partial charge in [-0.15, -0.1) is 0 Å². The second kappa shape index (κ2) is 5.82. The lowest BCUT2D eigenvalue weighted by atomic mass is 10.0. The Morgan fingerprint density at radius 2 is 1.88 bits per heavy atom. The second-order valence-corrected chi connectivity index (χ2v) is 7.32. The number of carbonyl (C=O) groups excluding carboxylic acids is 1. The molecule has 1 amide bonds. The van der Waals surface area contributed by atoms with Crippen LogP contribution >= 0.6 is 0 Å². The van der Waals surface area contributed by atoms with Gasteiger partial charge in [-0.1, -0.05) is 0 Å². The summed E-state index contributed by atoms with van der Waals surface area (Å²) in [6.45, 7) is 1.51. The number of nitrogens with zero attached hydrogens (tertiary/aromatic N) is 2. The minimum Gasteiger partial charge on any atom is -0.344 e. The van der Waals surface area contributed by atoms with Crippen molar-refractivity contribution in [3.8, 4) is 0 Å². The van der Waals surface area contributed by atoms with Crippen LogP contribution in [0.15, 0.2) is 0 Å². The van der Waals surface area contributed by atoms with Crippen LogP contribution in [0.4, 0.5) is 0 Å². The molecule has 5 nitrogen and oxygen atoms in total. The quantitative estimate of drug-likeness (QED) is 0.690. The van der Waals surface area contributed by atoms with E-state index in [0.717, 1.165) is 6.54 Å². The van der Waals surface area contributed by atoms with E-state index in [0.29, 0.717) is 19.4 Å². The van der Waals surface area contributed by atoms with Gasteiger partial charge in [0.1, 0.15) is 0 Å². The predicted molar refractivity (Wildman–Crippen MR) is 67.6 cm³/mol. The molecule has 17 heavy (non-hydrogen) atoms. The summed E-state index contributed by atoms with van der Waals surface area (Å²) in [4.78, 5) is 15.5. The van der Waals surface area contributed by atoms with Crippen LogP contribution in [0.5, 0.6) is 0 Å². The maximum atomic E-state index is 11.8. The molecular formula is C11H22N2O3S. The maximum absolute atomic E-state index is 11.8. The standard InChI is InChI=1S/C11H22N2O3S/c1-12(2)5-6-13(3)11(14)8-10-4-7-17(15,16)9-10/h10H,4-9H2,1-3H3. The molecule has 0 saturated carbocycles. The molecule has 1 fully saturated rings. The molecule has 0 bridgehead atoms. The van der Waals surface area contributed by atoms with Gasteiger partial charge in [0.15, 0.2) is 9.84 Å². The van der Waals surface area contributed by atoms with Crippen LogP contribution in [0.25, 0.3) is 0 Å². The molecule has 1 aliphatic heterocycles. The fourth-order valence-corrected chi connectivity index (χ4v) is 3.77. The smallest absolute Gasteiger partial charge is 0.222 e. The van der Waals surface area contributed by atoms with Gasteiger partial charge >= 0.3 is 0 Å². The van der Waals surface area contributed by atoms with Crippen molar-refractivity contribution >= 4 is 15.7 Å². The first kappa shape index (κ1) is 14.4. The molecule has 1 saturated heterocycles. The molecule has 100 valence electrons. The molecule has 6 heteroatoms. The second-order valence-electron chi connectivity index (χ2n) is 5.09. The largest absolute Gasteiger partial charge is 0.344 e. The first-order valence-electron chi connectivity index (χ1n) is 5.89. The fraction of sp³-hybridized carbons (Fsp3) is 0.909. The fourth-order valence-electron chi connectivity index (χ4n) is 1.91. The molecule has 1 atom stereocenters. The first-order valence-corrected chi connectivity index (χ1v) is 7.71. The molecule has 1 heterocycles. The summed E-state index contributed by atoms with van der Waals surface area (Å²) in [6, 6.07) is 0. The molecule has 0 aromatic carbocycles. The van der Waals surface area contributed by atoms with Crippen LogP contribution in [0, 0.1) is 5.92 Å². The number of hydrogen-bond donors (Lipinski definition) is 0. The van der Waals surface area contributed by atoms with Crippen LogP contribution < -0.4 is 0 Å². The number of sulfone groups is 1. The number of hydrogen-bond acceptors (Lipinski definition) is 4. The van der Waals surface area contributed by atoms with Crippen molar-refractivity contribution in [1.82, 2.24) is 9.80 Å². The van der Waals surface area contributed by atoms with Gasteiger partial charge in [-0.3, -0.25) is 4.79 Å². The van der Waals surface area contributed by atoms with Gasteiger partial charge in [0.25, 0.3) is 0 Å². The minimum atomic E-state index is -2.87. The van der Waals surface area contributed by atoms with Crippen molar-refractivity contribution in [2.75, 3.05) is 45.7 Å². The van der Waals surface area contributed by atoms with E-state index < -0.39 is 9.84 Å². The highest BCUT2D eigenvalue weighted by molar-refractivity contribution is 7.91. The number of likely N-dealkylation sites (N-methyl/N-ethyl adjacent to an activating group) is 2. The zero-order chi connectivity index (χ0) is 13.1. The van der Waals surface area contributed by atoms with E-state index in [-0.39, 0.29) is 23.3 Å². The zero-order valence-electron chi connectivity index (χ0n) is 10.8. The molecule has 0 aliphatic carbocycles. The van der Waals surface area contributed by atoms with Crippen molar-refractivity contribution in [2.24, 2.45) is 5.92 Å². The summed E-state index contributed by atoms with van der Waals surface area (Å²) in [6.07, 6.45) is 0.999. The lowest BCUT2D eigenvalue weighted by Crippen LogP contribution is -2.34. The van der Waals surface area contributed by atoms with Crippen LogP contribution in [0.1, 0.15) is 12.8 Å². The number of amides is 1. The summed E-state index contributed by atoms with van der Waals surface area (Å²) in [7, 11) is 2.82. The highest BCUT2D eigenvalue weighted by Gasteiger charge is 2.30. The van der Waals surface area contributed by atoms with Crippen LogP contribution in [-0.4, -0.2) is 69.9 Å². The van der Waals surface area contributed by atoms with Crippen LogP contribution in [0.3, 0.4) is 0 Å². The third-order valence-electron chi connectivity index (χ3n) is 3.10. The lowest BCUT2D eigenvalue weighted by molar-refractivity contribution is -0.130. The van der Waals surface area contributed by atoms with Gasteiger partial charge in [0.05, 0.1) is 11.5 Å². The summed E-state index contributed by atoms with van der Waals surface area (Å²) >= 11 is 0. The molecule has 1 rings (SSSR count). The van der Waals surface area contributed by atoms with Gasteiger partial charge in [0, 0.05) is 26.6 Å². The van der Waals surface area contributed by atoms with Crippen molar-refractivity contribution in [3.05, 3.63) is 0 Å². The topological polar surface area (TPSA) is 57.7 Å². The van der Waals surface area contributed by atoms with Gasteiger partial charge in [-0.2, -0.15) is 0 Å². The van der Waals surface area contributed by atoms with E-state index in [1.807, 2.05) is 19.0 Å². The van der Waals surface area contributed by atoms with E-state index >= 15 is 0 Å². The third kappa shape index (κ3) is 5.04. The first-order chi connectivity index (χ1) is 7.80. The summed E-state index contributed by atoms with van der Waals surface area (Å²) in [5, 5.41) is 0. The Hall–Kier alpha value is -0.620. The number of rotatable bonds is 5. The molecule has 1 aliphatic rings. The van der Waals surface area contributed by atoms with E-state index in [1.54, 1.807) is 11.9 Å². The van der Waals surface area contributed by atoms with Crippen molar-refractivity contribution in [3.63, 3.8) is 0 Å². The van der Waals surface area contributed by atoms with Gasteiger partial charge in [-0.25, -0.2) is 8.42 Å². The average Bonchev–Trinajstić information content (AvgIpc) is 2.54. The lowest BCUT2D eigenvalue weighted by Gasteiger charge is -2.20. The predicted octanol–water partition coefficient (Wildman–Crippen LogP) is -0.169. The Morgan fingerprint density at radius 1 is 1.24 bits per heavy atom. The van der Waals surface area contributed by atoms with Crippen molar-refractivity contribution < 1.29 is 13.2 Å². The van der Waals surface area contributed by atoms with E-state index in [2.05, 4.69) is 0 Å². The van der Waals surface area contributed by atoms with Crippen LogP contribution in [0.2, 0.25) is 0 Å². The highest BCUT2D eigenvalue weighted by atomic mass is 32.2. The molecular weight excluding hydrogens is 240 g/mol. The molecule has 0 radical (unpaired) electrons. The normalized spacial score (nSPS) is 22.9. The monoisotopic (exact) mass is 262 g/mol. The molecule has 0 aromatic heterocycles. The third-order valence-corrected chi connectivity index (χ3v) is 4.94. The Kier molecular flexibility index (Phi) is 4.94. The van der Waals surface area contributed by atoms with E-state index in [1.165, 1.54) is 0 Å². The SMILES string of the molecule is CN(C)CCN(C)C(=O)CC1CCS(=O)(=O)C1. The van der Waals surface area contributed by atoms with Gasteiger partial charge < -0.3 is 9.80 Å². The average molecular weight is 262 g/mol. The maximum Gasteiger partial charge on any atom is 0.222 e. The van der Waals surface area contributed by atoms with Crippen molar-refractivity contribution in [2.45, 2.75) is 12.8 Å². The summed E-state index contributed by atoms with van der Waals surface area (Å²) in [5.41, 5.74) is 0. The Bertz CT molecular complexity index is 365. The summed E-state index contributed by atoms with van der Waals surface area (Å²) < 4.78 is 22.6. The van der Waals surface area contributed by atoms with Crippen LogP contribution in [-0.2, 0) is 14.6 Å². The summed E-state index contributed by atoms with van der Waals surface area (Å²) in [5.74, 6) is 0.496. The molecule has 0 spiro atoms. The Morgan fingerprint density at radius 3 is 2.35 bits per heavy atom. The van der Waals surface area contributed by atoms with E-state index in [4.69, 9.17) is 0 Å². The zero-order valence-corrected chi connectivity index (χ0v) is 11.7. The molecule has 0 N–H and O–H groups in total. The Labute approximate surface area is 104 Å². The molecule has 0 aromatic rings. The molecule has 1 unspecified atom stereocenters. The van der Waals surface area contributed by atoms with Gasteiger partial charge in [0.2, 0.25) is 5.91 Å². The number of carbonyl (C=O) groups is 1. The minimum absolute atomic E-state index is 0.0225. The van der Waals surface area contributed by atoms with Gasteiger partial charge in [-0.05, 0) is 26.4 Å². The Balaban J connectivity index is 2.34. The highest BCUT2D eigenvalue weighted by Crippen LogP contribution is 2.22.